The molecule has 5 nitrogen and oxygen atoms in total. The largest absolute Gasteiger partial charge is 0.351 e. The molecule has 0 bridgehead atoms. The molecule has 0 radical (unpaired) electrons. The Balaban J connectivity index is 2.02. The van der Waals surface area contributed by atoms with E-state index in [1.54, 1.807) is 6.92 Å². The van der Waals surface area contributed by atoms with E-state index >= 15 is 0 Å². The van der Waals surface area contributed by atoms with Crippen molar-refractivity contribution in [2.45, 2.75) is 65.7 Å². The minimum atomic E-state index is -0.219. The molecule has 0 saturated carbocycles. The summed E-state index contributed by atoms with van der Waals surface area (Å²) >= 11 is 0. The fraction of sp³-hybridized carbons (Fsp3) is 0.556. The number of aryl methyl sites for hydroxylation is 1. The zero-order valence-electron chi connectivity index (χ0n) is 14.8. The minimum Gasteiger partial charge on any atom is -0.351 e. The van der Waals surface area contributed by atoms with Gasteiger partial charge in [0, 0.05) is 37.0 Å². The molecule has 1 atom stereocenters. The fourth-order valence-corrected chi connectivity index (χ4v) is 3.20. The second-order valence-electron chi connectivity index (χ2n) is 6.83. The number of hydrogen-bond donors (Lipinski definition) is 2. The van der Waals surface area contributed by atoms with Gasteiger partial charge in [-0.1, -0.05) is 18.2 Å². The van der Waals surface area contributed by atoms with Crippen molar-refractivity contribution in [1.29, 1.82) is 0 Å². The first-order valence-electron chi connectivity index (χ1n) is 8.29. The number of carbonyl (C=O) groups is 1. The quantitative estimate of drug-likeness (QED) is 0.826. The van der Waals surface area contributed by atoms with Gasteiger partial charge in [0.05, 0.1) is 11.2 Å². The highest BCUT2D eigenvalue weighted by molar-refractivity contribution is 5.81. The fourth-order valence-electron chi connectivity index (χ4n) is 3.20. The number of benzene rings is 1. The SMILES string of the molecule is CCn1nc(CN[C@@H](C)CC(C)(C)NC(C)=O)c2ccccc21. The first-order chi connectivity index (χ1) is 10.8. The zero-order chi connectivity index (χ0) is 17.0. The van der Waals surface area contributed by atoms with Crippen LogP contribution in [0.15, 0.2) is 24.3 Å². The normalized spacial score (nSPS) is 13.3. The van der Waals surface area contributed by atoms with Crippen molar-refractivity contribution < 1.29 is 4.79 Å². The van der Waals surface area contributed by atoms with Gasteiger partial charge < -0.3 is 10.6 Å². The Morgan fingerprint density at radius 2 is 2.04 bits per heavy atom. The van der Waals surface area contributed by atoms with Crippen molar-refractivity contribution in [3.63, 3.8) is 0 Å². The van der Waals surface area contributed by atoms with Crippen LogP contribution in [0.2, 0.25) is 0 Å². The highest BCUT2D eigenvalue weighted by atomic mass is 16.1. The molecule has 0 spiro atoms. The van der Waals surface area contributed by atoms with E-state index in [2.05, 4.69) is 42.7 Å². The Morgan fingerprint density at radius 1 is 1.35 bits per heavy atom. The summed E-state index contributed by atoms with van der Waals surface area (Å²) < 4.78 is 2.04. The number of amides is 1. The third-order valence-corrected chi connectivity index (χ3v) is 3.98. The van der Waals surface area contributed by atoms with Crippen LogP contribution in [0.3, 0.4) is 0 Å². The van der Waals surface area contributed by atoms with Crippen LogP contribution in [0.25, 0.3) is 10.9 Å². The third kappa shape index (κ3) is 4.55. The molecule has 1 heterocycles. The molecule has 0 aliphatic carbocycles. The van der Waals surface area contributed by atoms with Gasteiger partial charge >= 0.3 is 0 Å². The Kier molecular flexibility index (Phi) is 5.42. The van der Waals surface area contributed by atoms with Crippen molar-refractivity contribution in [2.75, 3.05) is 0 Å². The van der Waals surface area contributed by atoms with Crippen molar-refractivity contribution >= 4 is 16.8 Å². The summed E-state index contributed by atoms with van der Waals surface area (Å²) in [4.78, 5) is 11.3. The average Bonchev–Trinajstić information content (AvgIpc) is 2.81. The summed E-state index contributed by atoms with van der Waals surface area (Å²) in [6, 6.07) is 8.61. The number of para-hydroxylation sites is 1. The lowest BCUT2D eigenvalue weighted by Crippen LogP contribution is -2.46. The Morgan fingerprint density at radius 3 is 2.70 bits per heavy atom. The van der Waals surface area contributed by atoms with E-state index in [9.17, 15) is 4.79 Å². The van der Waals surface area contributed by atoms with Crippen LogP contribution in [0.5, 0.6) is 0 Å². The highest BCUT2D eigenvalue weighted by Crippen LogP contribution is 2.19. The van der Waals surface area contributed by atoms with Gasteiger partial charge in [-0.3, -0.25) is 9.48 Å². The van der Waals surface area contributed by atoms with Crippen LogP contribution in [0.1, 0.15) is 46.7 Å². The summed E-state index contributed by atoms with van der Waals surface area (Å²) in [5, 5.41) is 12.4. The first-order valence-corrected chi connectivity index (χ1v) is 8.29. The van der Waals surface area contributed by atoms with Crippen LogP contribution in [0, 0.1) is 0 Å². The monoisotopic (exact) mass is 316 g/mol. The van der Waals surface area contributed by atoms with Gasteiger partial charge in [0.25, 0.3) is 0 Å². The summed E-state index contributed by atoms with van der Waals surface area (Å²) in [7, 11) is 0. The van der Waals surface area contributed by atoms with E-state index in [0.29, 0.717) is 0 Å². The number of rotatable bonds is 7. The van der Waals surface area contributed by atoms with Crippen molar-refractivity contribution in [3.05, 3.63) is 30.0 Å². The standard InChI is InChI=1S/C18H28N4O/c1-6-22-17-10-8-7-9-15(17)16(21-22)12-19-13(2)11-18(4,5)20-14(3)23/h7-10,13,19H,6,11-12H2,1-5H3,(H,20,23)/t13-/m0/s1. The summed E-state index contributed by atoms with van der Waals surface area (Å²) in [5.74, 6) is 0.00915. The van der Waals surface area contributed by atoms with E-state index in [1.807, 2.05) is 24.6 Å². The van der Waals surface area contributed by atoms with E-state index in [-0.39, 0.29) is 17.5 Å². The van der Waals surface area contributed by atoms with Crippen molar-refractivity contribution in [1.82, 2.24) is 20.4 Å². The van der Waals surface area contributed by atoms with Gasteiger partial charge in [-0.2, -0.15) is 5.10 Å². The number of carbonyl (C=O) groups excluding carboxylic acids is 1. The molecule has 1 amide bonds. The Bertz CT molecular complexity index is 675. The lowest BCUT2D eigenvalue weighted by Gasteiger charge is -2.29. The number of nitrogens with one attached hydrogen (secondary N) is 2. The van der Waals surface area contributed by atoms with Crippen molar-refractivity contribution in [3.8, 4) is 0 Å². The van der Waals surface area contributed by atoms with Gasteiger partial charge in [-0.15, -0.1) is 0 Å². The molecule has 2 aromatic rings. The van der Waals surface area contributed by atoms with Gasteiger partial charge in [-0.25, -0.2) is 0 Å². The molecule has 0 aliphatic heterocycles. The topological polar surface area (TPSA) is 59.0 Å². The molecule has 1 aromatic carbocycles. The molecule has 0 fully saturated rings. The molecule has 0 aliphatic rings. The lowest BCUT2D eigenvalue weighted by molar-refractivity contribution is -0.120. The highest BCUT2D eigenvalue weighted by Gasteiger charge is 2.22. The van der Waals surface area contributed by atoms with Crippen molar-refractivity contribution in [2.24, 2.45) is 0 Å². The Hall–Kier alpha value is -1.88. The zero-order valence-corrected chi connectivity index (χ0v) is 14.8. The van der Waals surface area contributed by atoms with Crippen LogP contribution < -0.4 is 10.6 Å². The summed E-state index contributed by atoms with van der Waals surface area (Å²) in [6.45, 7) is 11.5. The second kappa shape index (κ2) is 7.13. The maximum absolute atomic E-state index is 11.3. The van der Waals surface area contributed by atoms with Gasteiger partial charge in [0.15, 0.2) is 0 Å². The number of hydrogen-bond acceptors (Lipinski definition) is 3. The molecule has 5 heteroatoms. The third-order valence-electron chi connectivity index (χ3n) is 3.98. The van der Waals surface area contributed by atoms with Crippen LogP contribution in [-0.4, -0.2) is 27.3 Å². The van der Waals surface area contributed by atoms with E-state index in [0.717, 1.165) is 25.2 Å². The van der Waals surface area contributed by atoms with E-state index in [4.69, 9.17) is 5.10 Å². The van der Waals surface area contributed by atoms with Crippen LogP contribution in [-0.2, 0) is 17.9 Å². The molecular weight excluding hydrogens is 288 g/mol. The molecule has 126 valence electrons. The molecule has 0 saturated heterocycles. The van der Waals surface area contributed by atoms with Gasteiger partial charge in [0.1, 0.15) is 0 Å². The average molecular weight is 316 g/mol. The van der Waals surface area contributed by atoms with E-state index in [1.165, 1.54) is 10.9 Å². The molecular formula is C18H28N4O. The molecule has 2 rings (SSSR count). The number of fused-ring (bicyclic) bond motifs is 1. The van der Waals surface area contributed by atoms with Crippen LogP contribution in [0.4, 0.5) is 0 Å². The van der Waals surface area contributed by atoms with Gasteiger partial charge in [0.2, 0.25) is 5.91 Å². The minimum absolute atomic E-state index is 0.00915. The second-order valence-corrected chi connectivity index (χ2v) is 6.83. The molecule has 23 heavy (non-hydrogen) atoms. The Labute approximate surface area is 138 Å². The number of aromatic nitrogens is 2. The molecule has 1 aromatic heterocycles. The summed E-state index contributed by atoms with van der Waals surface area (Å²) in [5.41, 5.74) is 2.04. The van der Waals surface area contributed by atoms with Gasteiger partial charge in [-0.05, 0) is 40.2 Å². The predicted molar refractivity (Wildman–Crippen MR) is 94.2 cm³/mol. The van der Waals surface area contributed by atoms with Crippen LogP contribution >= 0.6 is 0 Å². The molecule has 2 N–H and O–H groups in total. The first kappa shape index (κ1) is 17.5. The predicted octanol–water partition coefficient (Wildman–Crippen LogP) is 2.84. The molecule has 0 unspecified atom stereocenters. The number of nitrogens with zero attached hydrogens (tertiary/aromatic N) is 2. The lowest BCUT2D eigenvalue weighted by atomic mass is 9.96. The smallest absolute Gasteiger partial charge is 0.217 e. The summed E-state index contributed by atoms with van der Waals surface area (Å²) in [6.07, 6.45) is 0.860. The van der Waals surface area contributed by atoms with E-state index < -0.39 is 0 Å². The maximum Gasteiger partial charge on any atom is 0.217 e. The maximum atomic E-state index is 11.3.